The lowest BCUT2D eigenvalue weighted by Crippen LogP contribution is -2.44. The van der Waals surface area contributed by atoms with Crippen molar-refractivity contribution in [1.82, 2.24) is 5.32 Å². The summed E-state index contributed by atoms with van der Waals surface area (Å²) in [5.41, 5.74) is 10.3. The van der Waals surface area contributed by atoms with Gasteiger partial charge in [-0.1, -0.05) is 0 Å². The standard InChI is InChI=1S/C12H14N4O6S/c13-7(12(20)15-4-10(17)18)5-23-9-2-1-6(11(14)19)3-8(9)16(21)22/h1-3,7H,4-5,13H2,(H2,14,19)(H,15,20)(H,17,18). The Hall–Kier alpha value is -2.66. The quantitative estimate of drug-likeness (QED) is 0.272. The molecule has 1 aromatic rings. The van der Waals surface area contributed by atoms with Crippen LogP contribution in [0.4, 0.5) is 5.69 Å². The molecule has 0 aromatic heterocycles. The fourth-order valence-electron chi connectivity index (χ4n) is 1.48. The molecule has 0 radical (unpaired) electrons. The zero-order valence-corrected chi connectivity index (χ0v) is 12.5. The summed E-state index contributed by atoms with van der Waals surface area (Å²) in [4.78, 5) is 43.5. The lowest BCUT2D eigenvalue weighted by molar-refractivity contribution is -0.387. The average molecular weight is 342 g/mol. The van der Waals surface area contributed by atoms with Crippen LogP contribution in [0.5, 0.6) is 0 Å². The van der Waals surface area contributed by atoms with E-state index in [1.165, 1.54) is 12.1 Å². The van der Waals surface area contributed by atoms with Crippen molar-refractivity contribution in [3.8, 4) is 0 Å². The van der Waals surface area contributed by atoms with Gasteiger partial charge in [0.05, 0.1) is 15.9 Å². The SMILES string of the molecule is NC(=O)c1ccc(SCC(N)C(=O)NCC(=O)O)c([N+](=O)[O-])c1. The van der Waals surface area contributed by atoms with Crippen LogP contribution in [-0.4, -0.2) is 46.2 Å². The molecule has 0 spiro atoms. The van der Waals surface area contributed by atoms with Crippen LogP contribution in [0, 0.1) is 10.1 Å². The molecule has 1 atom stereocenters. The molecule has 0 aliphatic rings. The van der Waals surface area contributed by atoms with Crippen LogP contribution in [0.15, 0.2) is 23.1 Å². The minimum absolute atomic E-state index is 0.00968. The van der Waals surface area contributed by atoms with E-state index in [1.54, 1.807) is 0 Å². The number of benzene rings is 1. The molecular weight excluding hydrogens is 328 g/mol. The van der Waals surface area contributed by atoms with Crippen molar-refractivity contribution in [1.29, 1.82) is 0 Å². The minimum Gasteiger partial charge on any atom is -0.480 e. The molecule has 1 aromatic carbocycles. The summed E-state index contributed by atoms with van der Waals surface area (Å²) in [6.45, 7) is -0.565. The number of thioether (sulfide) groups is 1. The summed E-state index contributed by atoms with van der Waals surface area (Å²) < 4.78 is 0. The summed E-state index contributed by atoms with van der Waals surface area (Å²) in [6.07, 6.45) is 0. The minimum atomic E-state index is -1.21. The van der Waals surface area contributed by atoms with Crippen LogP contribution in [0.1, 0.15) is 10.4 Å². The van der Waals surface area contributed by atoms with Crippen molar-refractivity contribution >= 4 is 35.2 Å². The predicted octanol–water partition coefficient (Wildman–Crippen LogP) is -0.686. The van der Waals surface area contributed by atoms with Gasteiger partial charge in [-0.2, -0.15) is 0 Å². The van der Waals surface area contributed by atoms with Gasteiger partial charge in [0.25, 0.3) is 5.69 Å². The third-order valence-electron chi connectivity index (χ3n) is 2.61. The van der Waals surface area contributed by atoms with E-state index in [4.69, 9.17) is 16.6 Å². The summed E-state index contributed by atoms with van der Waals surface area (Å²) >= 11 is 0.939. The highest BCUT2D eigenvalue weighted by Crippen LogP contribution is 2.30. The first-order valence-corrected chi connectivity index (χ1v) is 7.17. The smallest absolute Gasteiger partial charge is 0.322 e. The fraction of sp³-hybridized carbons (Fsp3) is 0.250. The number of carboxylic acid groups (broad SMARTS) is 1. The number of primary amides is 1. The summed E-state index contributed by atoms with van der Waals surface area (Å²) in [5, 5.41) is 21.6. The van der Waals surface area contributed by atoms with E-state index in [9.17, 15) is 24.5 Å². The van der Waals surface area contributed by atoms with Crippen molar-refractivity contribution in [3.63, 3.8) is 0 Å². The first-order chi connectivity index (χ1) is 10.7. The van der Waals surface area contributed by atoms with E-state index >= 15 is 0 Å². The van der Waals surface area contributed by atoms with Crippen LogP contribution in [0.2, 0.25) is 0 Å². The van der Waals surface area contributed by atoms with Crippen molar-refractivity contribution in [2.75, 3.05) is 12.3 Å². The van der Waals surface area contributed by atoms with E-state index in [2.05, 4.69) is 5.32 Å². The molecule has 0 heterocycles. The number of hydrogen-bond donors (Lipinski definition) is 4. The Kier molecular flexibility index (Phi) is 6.48. The molecule has 11 heteroatoms. The number of hydrogen-bond acceptors (Lipinski definition) is 7. The van der Waals surface area contributed by atoms with E-state index in [1.807, 2.05) is 0 Å². The normalized spacial score (nSPS) is 11.5. The van der Waals surface area contributed by atoms with Gasteiger partial charge >= 0.3 is 5.97 Å². The number of nitrogens with zero attached hydrogens (tertiary/aromatic N) is 1. The van der Waals surface area contributed by atoms with Gasteiger partial charge in [0.15, 0.2) is 0 Å². The summed E-state index contributed by atoms with van der Waals surface area (Å²) in [7, 11) is 0. The van der Waals surface area contributed by atoms with Gasteiger partial charge in [-0.15, -0.1) is 11.8 Å². The number of nitrogens with two attached hydrogens (primary N) is 2. The Labute approximate surface area is 134 Å². The third kappa shape index (κ3) is 5.56. The lowest BCUT2D eigenvalue weighted by Gasteiger charge is -2.11. The number of nitro groups is 1. The van der Waals surface area contributed by atoms with Crippen LogP contribution in [0.25, 0.3) is 0 Å². The zero-order chi connectivity index (χ0) is 17.6. The molecule has 1 rings (SSSR count). The van der Waals surface area contributed by atoms with E-state index in [0.29, 0.717) is 0 Å². The molecule has 0 bridgehead atoms. The molecule has 124 valence electrons. The predicted molar refractivity (Wildman–Crippen MR) is 81.0 cm³/mol. The number of amides is 2. The van der Waals surface area contributed by atoms with Crippen molar-refractivity contribution in [3.05, 3.63) is 33.9 Å². The average Bonchev–Trinajstić information content (AvgIpc) is 2.49. The number of carbonyl (C=O) groups excluding carboxylic acids is 2. The van der Waals surface area contributed by atoms with Crippen LogP contribution < -0.4 is 16.8 Å². The Balaban J connectivity index is 2.77. The van der Waals surface area contributed by atoms with Gasteiger partial charge in [-0.05, 0) is 12.1 Å². The zero-order valence-electron chi connectivity index (χ0n) is 11.7. The number of rotatable bonds is 8. The molecule has 0 aliphatic heterocycles. The second-order valence-corrected chi connectivity index (χ2v) is 5.39. The van der Waals surface area contributed by atoms with Crippen molar-refractivity contribution in [2.24, 2.45) is 11.5 Å². The monoisotopic (exact) mass is 342 g/mol. The number of carboxylic acids is 1. The Bertz CT molecular complexity index is 650. The van der Waals surface area contributed by atoms with Crippen LogP contribution in [0.3, 0.4) is 0 Å². The van der Waals surface area contributed by atoms with Gasteiger partial charge in [-0.3, -0.25) is 24.5 Å². The highest BCUT2D eigenvalue weighted by Gasteiger charge is 2.20. The van der Waals surface area contributed by atoms with Crippen molar-refractivity contribution in [2.45, 2.75) is 10.9 Å². The maximum atomic E-state index is 11.5. The molecule has 1 unspecified atom stereocenters. The fourth-order valence-corrected chi connectivity index (χ4v) is 2.44. The molecule has 0 saturated heterocycles. The van der Waals surface area contributed by atoms with Crippen LogP contribution >= 0.6 is 11.8 Å². The first-order valence-electron chi connectivity index (χ1n) is 6.18. The topological polar surface area (TPSA) is 179 Å². The first kappa shape index (κ1) is 18.4. The van der Waals surface area contributed by atoms with Gasteiger partial charge in [0.2, 0.25) is 11.8 Å². The maximum Gasteiger partial charge on any atom is 0.322 e. The molecule has 10 nitrogen and oxygen atoms in total. The van der Waals surface area contributed by atoms with Gasteiger partial charge < -0.3 is 21.9 Å². The highest BCUT2D eigenvalue weighted by molar-refractivity contribution is 7.99. The molecule has 23 heavy (non-hydrogen) atoms. The Morgan fingerprint density at radius 3 is 2.57 bits per heavy atom. The number of nitro benzene ring substituents is 1. The third-order valence-corrected chi connectivity index (χ3v) is 3.79. The lowest BCUT2D eigenvalue weighted by atomic mass is 10.2. The number of aliphatic carboxylic acids is 1. The van der Waals surface area contributed by atoms with Gasteiger partial charge in [0.1, 0.15) is 6.54 Å². The molecular formula is C12H14N4O6S. The van der Waals surface area contributed by atoms with E-state index in [-0.39, 0.29) is 21.9 Å². The second-order valence-electron chi connectivity index (χ2n) is 4.33. The van der Waals surface area contributed by atoms with E-state index in [0.717, 1.165) is 17.8 Å². The van der Waals surface area contributed by atoms with Gasteiger partial charge in [-0.25, -0.2) is 0 Å². The summed E-state index contributed by atoms with van der Waals surface area (Å²) in [5.74, 6) is -2.70. The van der Waals surface area contributed by atoms with Gasteiger partial charge in [0, 0.05) is 17.4 Å². The molecule has 2 amide bonds. The number of carbonyl (C=O) groups is 3. The largest absolute Gasteiger partial charge is 0.480 e. The molecule has 0 saturated carbocycles. The molecule has 0 aliphatic carbocycles. The maximum absolute atomic E-state index is 11.5. The molecule has 0 fully saturated rings. The Morgan fingerprint density at radius 2 is 2.04 bits per heavy atom. The molecule has 6 N–H and O–H groups in total. The second kappa shape index (κ2) is 8.10. The Morgan fingerprint density at radius 1 is 1.39 bits per heavy atom. The van der Waals surface area contributed by atoms with Crippen molar-refractivity contribution < 1.29 is 24.4 Å². The highest BCUT2D eigenvalue weighted by atomic mass is 32.2. The summed E-state index contributed by atoms with van der Waals surface area (Å²) in [6, 6.07) is 2.66. The van der Waals surface area contributed by atoms with E-state index < -0.39 is 35.3 Å². The number of nitrogens with one attached hydrogen (secondary N) is 1. The van der Waals surface area contributed by atoms with Crippen LogP contribution in [-0.2, 0) is 9.59 Å².